The first-order valence-electron chi connectivity index (χ1n) is 0.730. The third-order valence-corrected chi connectivity index (χ3v) is 0. The smallest absolute Gasteiger partial charge is 1.00 e. The third kappa shape index (κ3) is 110. The van der Waals surface area contributed by atoms with Crippen LogP contribution < -0.4 is 56.6 Å². The third-order valence-electron chi connectivity index (χ3n) is 0. The van der Waals surface area contributed by atoms with Crippen molar-refractivity contribution in [3.8, 4) is 0 Å². The van der Waals surface area contributed by atoms with Gasteiger partial charge in [0, 0.05) is 0 Å². The first kappa shape index (κ1) is 15.8. The molecule has 0 fully saturated rings. The first-order chi connectivity index (χ1) is 2.00. The van der Waals surface area contributed by atoms with Crippen molar-refractivity contribution in [2.24, 2.45) is 0 Å². The van der Waals surface area contributed by atoms with Crippen LogP contribution in [0.1, 0.15) is 0 Å². The predicted molar refractivity (Wildman–Crippen MR) is 7.61 cm³/mol. The van der Waals surface area contributed by atoms with Crippen LogP contribution in [0.15, 0.2) is 0 Å². The second-order valence-electron chi connectivity index (χ2n) is 0.447. The van der Waals surface area contributed by atoms with Gasteiger partial charge in [-0.05, 0) is 0 Å². The monoisotopic (exact) mass is 153 g/mol. The molecule has 0 aliphatic heterocycles. The summed E-state index contributed by atoms with van der Waals surface area (Å²) in [6, 6.07) is 0. The van der Waals surface area contributed by atoms with Gasteiger partial charge in [-0.25, -0.2) is 0 Å². The van der Waals surface area contributed by atoms with E-state index in [0.29, 0.717) is 0 Å². The molecule has 0 aromatic carbocycles. The van der Waals surface area contributed by atoms with E-state index in [0.717, 1.165) is 0 Å². The van der Waals surface area contributed by atoms with E-state index in [1.165, 1.54) is 0 Å². The molecule has 0 atom stereocenters. The molecule has 4 nitrogen and oxygen atoms in total. The maximum Gasteiger partial charge on any atom is 1.00 e. The van der Waals surface area contributed by atoms with Crippen LogP contribution in [0.5, 0.6) is 0 Å². The Hall–Kier alpha value is 1.40. The van der Waals surface area contributed by atoms with Gasteiger partial charge in [-0.1, -0.05) is 0 Å². The van der Waals surface area contributed by atoms with E-state index < -0.39 is 7.82 Å². The second-order valence-corrected chi connectivity index (χ2v) is 1.34. The van der Waals surface area contributed by atoms with Gasteiger partial charge >= 0.3 is 29.6 Å². The maximum atomic E-state index is 8.55. The molecular formula is ClNaO4P-3. The van der Waals surface area contributed by atoms with E-state index in [1.54, 1.807) is 0 Å². The minimum absolute atomic E-state index is 0. The Bertz CT molecular complexity index is 57.8. The summed E-state index contributed by atoms with van der Waals surface area (Å²) in [5.74, 6) is 0. The van der Waals surface area contributed by atoms with Gasteiger partial charge in [-0.3, -0.25) is 0 Å². The van der Waals surface area contributed by atoms with Gasteiger partial charge in [0.15, 0.2) is 0 Å². The predicted octanol–water partition coefficient (Wildman–Crippen LogP) is -8.82. The van der Waals surface area contributed by atoms with Gasteiger partial charge < -0.3 is 31.7 Å². The number of hydrogen-bond acceptors (Lipinski definition) is 4. The summed E-state index contributed by atoms with van der Waals surface area (Å²) >= 11 is 0. The standard InChI is InChI=1S/ClH.Na.H3O4P/c;;1-5(2,3)4/h1H;;(H3,1,2,3,4)/q;+1;/p-4. The molecule has 0 radical (unpaired) electrons. The van der Waals surface area contributed by atoms with Gasteiger partial charge in [0.1, 0.15) is 0 Å². The fraction of sp³-hybridized carbons (Fsp3) is 0. The molecule has 0 spiro atoms. The Morgan fingerprint density at radius 2 is 1.14 bits per heavy atom. The van der Waals surface area contributed by atoms with Gasteiger partial charge in [0.05, 0.1) is 0 Å². The molecule has 0 aromatic heterocycles. The first-order valence-corrected chi connectivity index (χ1v) is 2.19. The van der Waals surface area contributed by atoms with Crippen molar-refractivity contribution in [3.63, 3.8) is 0 Å². The van der Waals surface area contributed by atoms with E-state index in [-0.39, 0.29) is 42.0 Å². The van der Waals surface area contributed by atoms with E-state index >= 15 is 0 Å². The summed E-state index contributed by atoms with van der Waals surface area (Å²) < 4.78 is 8.55. The second kappa shape index (κ2) is 5.54. The molecule has 7 heteroatoms. The van der Waals surface area contributed by atoms with Crippen LogP contribution in [0.2, 0.25) is 0 Å². The molecule has 0 aliphatic rings. The van der Waals surface area contributed by atoms with Gasteiger partial charge in [0.25, 0.3) is 0 Å². The summed E-state index contributed by atoms with van der Waals surface area (Å²) in [5.41, 5.74) is 0. The van der Waals surface area contributed by atoms with Gasteiger partial charge in [-0.15, -0.1) is 0 Å². The Morgan fingerprint density at radius 1 is 1.14 bits per heavy atom. The summed E-state index contributed by atoms with van der Waals surface area (Å²) in [7, 11) is -5.39. The van der Waals surface area contributed by atoms with Crippen molar-refractivity contribution >= 4 is 7.82 Å². The van der Waals surface area contributed by atoms with Crippen molar-refractivity contribution in [1.29, 1.82) is 0 Å². The molecule has 7 heavy (non-hydrogen) atoms. The molecule has 0 saturated carbocycles. The van der Waals surface area contributed by atoms with E-state index in [4.69, 9.17) is 19.2 Å². The number of phosphoric acid groups is 1. The zero-order chi connectivity index (χ0) is 4.50. The molecular weight excluding hydrogens is 153 g/mol. The van der Waals surface area contributed by atoms with Crippen molar-refractivity contribution in [2.45, 2.75) is 0 Å². The minimum atomic E-state index is -5.39. The van der Waals surface area contributed by atoms with Crippen LogP contribution in [0.4, 0.5) is 0 Å². The van der Waals surface area contributed by atoms with Gasteiger partial charge in [-0.2, -0.15) is 7.82 Å². The molecule has 0 bridgehead atoms. The molecule has 0 rings (SSSR count). The van der Waals surface area contributed by atoms with Crippen molar-refractivity contribution < 1.29 is 61.2 Å². The Kier molecular flexibility index (Phi) is 12.5. The zero-order valence-electron chi connectivity index (χ0n) is 3.46. The molecule has 0 aliphatic carbocycles. The molecule has 0 aromatic rings. The van der Waals surface area contributed by atoms with Crippen LogP contribution in [0.25, 0.3) is 0 Å². The molecule has 0 amide bonds. The van der Waals surface area contributed by atoms with Crippen LogP contribution in [0.3, 0.4) is 0 Å². The minimum Gasteiger partial charge on any atom is -1.00 e. The molecule has 0 unspecified atom stereocenters. The SMILES string of the molecule is O=P([O-])([O-])[O-].[Cl-].[Na+]. The molecule has 0 N–H and O–H groups in total. The normalized spacial score (nSPS) is 8.43. The molecule has 40 valence electrons. The average Bonchev–Trinajstić information content (AvgIpc) is 0.722. The van der Waals surface area contributed by atoms with Crippen LogP contribution in [-0.4, -0.2) is 0 Å². The zero-order valence-corrected chi connectivity index (χ0v) is 7.11. The van der Waals surface area contributed by atoms with E-state index in [2.05, 4.69) is 0 Å². The average molecular weight is 153 g/mol. The number of halogens is 1. The van der Waals surface area contributed by atoms with Crippen LogP contribution in [0, 0.1) is 0 Å². The summed E-state index contributed by atoms with van der Waals surface area (Å²) in [6.45, 7) is 0. The van der Waals surface area contributed by atoms with Crippen molar-refractivity contribution in [1.82, 2.24) is 0 Å². The largest absolute Gasteiger partial charge is 1.00 e. The van der Waals surface area contributed by atoms with E-state index in [1.807, 2.05) is 0 Å². The van der Waals surface area contributed by atoms with Gasteiger partial charge in [0.2, 0.25) is 0 Å². The van der Waals surface area contributed by atoms with Crippen LogP contribution >= 0.6 is 7.82 Å². The number of rotatable bonds is 0. The molecule has 0 heterocycles. The Balaban J connectivity index is -0.0000000800. The Labute approximate surface area is 68.9 Å². The summed E-state index contributed by atoms with van der Waals surface area (Å²) in [5, 5.41) is 0. The maximum absolute atomic E-state index is 8.55. The fourth-order valence-electron chi connectivity index (χ4n) is 0. The fourth-order valence-corrected chi connectivity index (χ4v) is 0. The quantitative estimate of drug-likeness (QED) is 0.255. The molecule has 0 saturated heterocycles. The Morgan fingerprint density at radius 3 is 1.14 bits per heavy atom. The van der Waals surface area contributed by atoms with Crippen molar-refractivity contribution in [2.75, 3.05) is 0 Å². The van der Waals surface area contributed by atoms with Crippen molar-refractivity contribution in [3.05, 3.63) is 0 Å². The summed E-state index contributed by atoms with van der Waals surface area (Å²) in [4.78, 5) is 25.6. The number of hydrogen-bond donors (Lipinski definition) is 0. The van der Waals surface area contributed by atoms with Crippen LogP contribution in [-0.2, 0) is 4.57 Å². The van der Waals surface area contributed by atoms with E-state index in [9.17, 15) is 0 Å². The topological polar surface area (TPSA) is 86.2 Å². The summed E-state index contributed by atoms with van der Waals surface area (Å²) in [6.07, 6.45) is 0.